The third-order valence-electron chi connectivity index (χ3n) is 2.20. The van der Waals surface area contributed by atoms with Crippen LogP contribution in [0.1, 0.15) is 16.8 Å². The molecule has 0 fully saturated rings. The molecule has 2 N–H and O–H groups in total. The number of nitrogens with one attached hydrogen (secondary N) is 1. The van der Waals surface area contributed by atoms with E-state index in [4.69, 9.17) is 10.4 Å². The van der Waals surface area contributed by atoms with Gasteiger partial charge in [0.1, 0.15) is 18.5 Å². The third kappa shape index (κ3) is 3.36. The van der Waals surface area contributed by atoms with Gasteiger partial charge in [-0.15, -0.1) is 0 Å². The molecule has 17 heavy (non-hydrogen) atoms. The van der Waals surface area contributed by atoms with Crippen molar-refractivity contribution < 1.29 is 13.9 Å². The lowest BCUT2D eigenvalue weighted by Gasteiger charge is -2.16. The Balaban J connectivity index is 2.95. The van der Waals surface area contributed by atoms with E-state index in [0.717, 1.165) is 0 Å². The number of aliphatic hydroxyl groups is 1. The van der Waals surface area contributed by atoms with Gasteiger partial charge in [0, 0.05) is 5.69 Å². The molecule has 0 amide bonds. The monoisotopic (exact) mass is 241 g/mol. The van der Waals surface area contributed by atoms with Gasteiger partial charge in [0.2, 0.25) is 0 Å². The number of aliphatic hydroxyl groups excluding tert-OH is 1. The van der Waals surface area contributed by atoms with Crippen LogP contribution < -0.4 is 5.32 Å². The summed E-state index contributed by atoms with van der Waals surface area (Å²) in [6, 6.07) is 3.62. The van der Waals surface area contributed by atoms with Crippen molar-refractivity contribution in [3.05, 3.63) is 22.9 Å². The minimum absolute atomic E-state index is 0.123. The summed E-state index contributed by atoms with van der Waals surface area (Å²) in [5, 5.41) is 19.7. The first kappa shape index (κ1) is 13.3. The van der Waals surface area contributed by atoms with Crippen LogP contribution in [0.5, 0.6) is 0 Å². The second kappa shape index (κ2) is 5.06. The van der Waals surface area contributed by atoms with Crippen molar-refractivity contribution in [3.8, 4) is 6.07 Å². The van der Waals surface area contributed by atoms with Gasteiger partial charge in [-0.1, -0.05) is 0 Å². The molecule has 1 aromatic heterocycles. The van der Waals surface area contributed by atoms with Crippen molar-refractivity contribution in [1.82, 2.24) is 4.98 Å². The first-order valence-corrected chi connectivity index (χ1v) is 5.00. The normalized spacial score (nSPS) is 11.1. The van der Waals surface area contributed by atoms with Crippen LogP contribution in [-0.2, 0) is 0 Å². The largest absolute Gasteiger partial charge is 0.390 e. The molecule has 0 bridgehead atoms. The molecule has 1 heterocycles. The Morgan fingerprint density at radius 1 is 1.53 bits per heavy atom. The Kier molecular flexibility index (Phi) is 3.97. The van der Waals surface area contributed by atoms with E-state index < -0.39 is 19.1 Å². The van der Waals surface area contributed by atoms with E-state index in [-0.39, 0.29) is 11.4 Å². The fourth-order valence-corrected chi connectivity index (χ4v) is 1.37. The van der Waals surface area contributed by atoms with Gasteiger partial charge in [-0.3, -0.25) is 0 Å². The van der Waals surface area contributed by atoms with Crippen LogP contribution in [0.3, 0.4) is 0 Å². The summed E-state index contributed by atoms with van der Waals surface area (Å²) < 4.78 is 25.7. The first-order chi connectivity index (χ1) is 7.89. The molecule has 0 spiro atoms. The van der Waals surface area contributed by atoms with Crippen molar-refractivity contribution in [2.45, 2.75) is 19.8 Å². The van der Waals surface area contributed by atoms with Gasteiger partial charge >= 0.3 is 0 Å². The van der Waals surface area contributed by atoms with Crippen LogP contribution in [0.15, 0.2) is 6.07 Å². The molecular weight excluding hydrogens is 228 g/mol. The molecule has 0 atom stereocenters. The molecule has 0 aliphatic rings. The van der Waals surface area contributed by atoms with Gasteiger partial charge in [0.15, 0.2) is 0 Å². The van der Waals surface area contributed by atoms with Crippen LogP contribution in [0.2, 0.25) is 0 Å². The maximum absolute atomic E-state index is 12.9. The number of hydrogen-bond donors (Lipinski definition) is 2. The molecule has 1 rings (SSSR count). The van der Waals surface area contributed by atoms with Crippen LogP contribution in [-0.4, -0.2) is 29.2 Å². The molecule has 0 aromatic carbocycles. The van der Waals surface area contributed by atoms with Gasteiger partial charge < -0.3 is 10.4 Å². The minimum Gasteiger partial charge on any atom is -0.390 e. The summed E-state index contributed by atoms with van der Waals surface area (Å²) in [7, 11) is 0. The number of rotatable bonds is 4. The Labute approximate surface area is 97.9 Å². The summed E-state index contributed by atoms with van der Waals surface area (Å²) in [5.41, 5.74) is 1.55. The van der Waals surface area contributed by atoms with E-state index in [2.05, 4.69) is 10.3 Å². The van der Waals surface area contributed by atoms with Crippen LogP contribution in [0.25, 0.3) is 0 Å². The van der Waals surface area contributed by atoms with Gasteiger partial charge in [0.05, 0.1) is 12.1 Å². The minimum atomic E-state index is -3.23. The predicted molar refractivity (Wildman–Crippen MR) is 58.9 cm³/mol. The number of anilines is 1. The number of pyridine rings is 1. The van der Waals surface area contributed by atoms with Gasteiger partial charge in [-0.2, -0.15) is 5.26 Å². The van der Waals surface area contributed by atoms with Gasteiger partial charge in [-0.05, 0) is 25.5 Å². The van der Waals surface area contributed by atoms with E-state index in [1.54, 1.807) is 19.9 Å². The summed E-state index contributed by atoms with van der Waals surface area (Å²) in [5.74, 6) is -3.11. The summed E-state index contributed by atoms with van der Waals surface area (Å²) in [6.45, 7) is 1.42. The first-order valence-electron chi connectivity index (χ1n) is 5.00. The Morgan fingerprint density at radius 2 is 2.18 bits per heavy atom. The summed E-state index contributed by atoms with van der Waals surface area (Å²) in [6.07, 6.45) is 0. The standard InChI is InChI=1S/C11H13F2N3O/c1-7-3-8(2)16-10(9(7)4-14)15-5-11(12,13)6-17/h3,17H,5-6H2,1-2H3,(H,15,16). The average Bonchev–Trinajstić information content (AvgIpc) is 2.26. The Morgan fingerprint density at radius 3 is 2.71 bits per heavy atom. The number of halogens is 2. The highest BCUT2D eigenvalue weighted by atomic mass is 19.3. The zero-order valence-corrected chi connectivity index (χ0v) is 9.59. The molecule has 0 radical (unpaired) electrons. The van der Waals surface area contributed by atoms with Crippen LogP contribution in [0.4, 0.5) is 14.6 Å². The third-order valence-corrected chi connectivity index (χ3v) is 2.20. The maximum Gasteiger partial charge on any atom is 0.287 e. The highest BCUT2D eigenvalue weighted by molar-refractivity contribution is 5.56. The Bertz CT molecular complexity index is 455. The SMILES string of the molecule is Cc1cc(C)c(C#N)c(NCC(F)(F)CO)n1. The predicted octanol–water partition coefficient (Wildman–Crippen LogP) is 1.61. The Hall–Kier alpha value is -1.74. The summed E-state index contributed by atoms with van der Waals surface area (Å²) >= 11 is 0. The number of alkyl halides is 2. The molecule has 0 saturated carbocycles. The van der Waals surface area contributed by atoms with Crippen molar-refractivity contribution in [1.29, 1.82) is 5.26 Å². The highest BCUT2D eigenvalue weighted by Gasteiger charge is 2.28. The lowest BCUT2D eigenvalue weighted by molar-refractivity contribution is -0.0373. The van der Waals surface area contributed by atoms with Crippen molar-refractivity contribution in [2.24, 2.45) is 0 Å². The second-order valence-electron chi connectivity index (χ2n) is 3.78. The molecule has 1 aromatic rings. The van der Waals surface area contributed by atoms with E-state index in [0.29, 0.717) is 11.3 Å². The lowest BCUT2D eigenvalue weighted by Crippen LogP contribution is -2.31. The number of nitriles is 1. The molecule has 6 heteroatoms. The zero-order chi connectivity index (χ0) is 13.1. The van der Waals surface area contributed by atoms with E-state index >= 15 is 0 Å². The average molecular weight is 241 g/mol. The molecule has 4 nitrogen and oxygen atoms in total. The molecule has 0 saturated heterocycles. The number of aryl methyl sites for hydroxylation is 2. The van der Waals surface area contributed by atoms with E-state index in [1.807, 2.05) is 6.07 Å². The fourth-order valence-electron chi connectivity index (χ4n) is 1.37. The number of hydrogen-bond acceptors (Lipinski definition) is 4. The van der Waals surface area contributed by atoms with E-state index in [9.17, 15) is 8.78 Å². The topological polar surface area (TPSA) is 68.9 Å². The number of nitrogens with zero attached hydrogens (tertiary/aromatic N) is 2. The second-order valence-corrected chi connectivity index (χ2v) is 3.78. The molecular formula is C11H13F2N3O. The maximum atomic E-state index is 12.9. The van der Waals surface area contributed by atoms with Crippen molar-refractivity contribution >= 4 is 5.82 Å². The van der Waals surface area contributed by atoms with Crippen molar-refractivity contribution in [2.75, 3.05) is 18.5 Å². The summed E-state index contributed by atoms with van der Waals surface area (Å²) in [4.78, 5) is 3.99. The lowest BCUT2D eigenvalue weighted by atomic mass is 10.1. The van der Waals surface area contributed by atoms with Gasteiger partial charge in [-0.25, -0.2) is 13.8 Å². The van der Waals surface area contributed by atoms with Gasteiger partial charge in [0.25, 0.3) is 5.92 Å². The zero-order valence-electron chi connectivity index (χ0n) is 9.59. The quantitative estimate of drug-likeness (QED) is 0.840. The highest BCUT2D eigenvalue weighted by Crippen LogP contribution is 2.19. The van der Waals surface area contributed by atoms with Crippen LogP contribution >= 0.6 is 0 Å². The number of aromatic nitrogens is 1. The molecule has 0 aliphatic heterocycles. The van der Waals surface area contributed by atoms with E-state index in [1.165, 1.54) is 0 Å². The molecule has 92 valence electrons. The molecule has 0 unspecified atom stereocenters. The molecule has 0 aliphatic carbocycles. The fraction of sp³-hybridized carbons (Fsp3) is 0.455. The van der Waals surface area contributed by atoms with Crippen LogP contribution in [0, 0.1) is 25.2 Å². The smallest absolute Gasteiger partial charge is 0.287 e. The van der Waals surface area contributed by atoms with Crippen molar-refractivity contribution in [3.63, 3.8) is 0 Å².